The third-order valence-electron chi connectivity index (χ3n) is 6.11. The average molecular weight is 557 g/mol. The van der Waals surface area contributed by atoms with Gasteiger partial charge in [-0.05, 0) is 55.1 Å². The maximum atomic E-state index is 15.2. The van der Waals surface area contributed by atoms with E-state index < -0.39 is 38.5 Å². The van der Waals surface area contributed by atoms with Crippen molar-refractivity contribution < 1.29 is 26.8 Å². The van der Waals surface area contributed by atoms with Crippen molar-refractivity contribution >= 4 is 55.0 Å². The third-order valence-corrected chi connectivity index (χ3v) is 8.82. The van der Waals surface area contributed by atoms with Crippen LogP contribution in [0.4, 0.5) is 4.39 Å². The first-order chi connectivity index (χ1) is 18.0. The Labute approximate surface area is 218 Å². The predicted octanol–water partition coefficient (Wildman–Crippen LogP) is 3.56. The number of carbonyl (C=O) groups is 2. The topological polar surface area (TPSA) is 157 Å². The van der Waals surface area contributed by atoms with Crippen LogP contribution in [0.1, 0.15) is 39.6 Å². The molecule has 4 aromatic heterocycles. The van der Waals surface area contributed by atoms with Gasteiger partial charge in [0.1, 0.15) is 17.1 Å². The highest BCUT2D eigenvalue weighted by atomic mass is 32.2. The molecule has 0 saturated heterocycles. The van der Waals surface area contributed by atoms with Gasteiger partial charge in [-0.1, -0.05) is 0 Å². The zero-order valence-electron chi connectivity index (χ0n) is 20.1. The summed E-state index contributed by atoms with van der Waals surface area (Å²) < 4.78 is 49.6. The first kappa shape index (κ1) is 25.4. The minimum Gasteiger partial charge on any atom is -0.463 e. The number of sulfonamides is 1. The van der Waals surface area contributed by atoms with Gasteiger partial charge in [0.05, 0.1) is 38.2 Å². The Bertz CT molecular complexity index is 1910. The van der Waals surface area contributed by atoms with Gasteiger partial charge in [0.25, 0.3) is 17.4 Å². The van der Waals surface area contributed by atoms with Crippen LogP contribution >= 0.6 is 11.3 Å². The smallest absolute Gasteiger partial charge is 0.282 e. The molecule has 0 atom stereocenters. The summed E-state index contributed by atoms with van der Waals surface area (Å²) >= 11 is 1.09. The van der Waals surface area contributed by atoms with E-state index in [-0.39, 0.29) is 50.1 Å². The van der Waals surface area contributed by atoms with E-state index in [2.05, 4.69) is 9.71 Å². The molecule has 5 rings (SSSR count). The van der Waals surface area contributed by atoms with Crippen molar-refractivity contribution in [3.8, 4) is 11.1 Å². The Morgan fingerprint density at radius 1 is 1.26 bits per heavy atom. The molecule has 1 aromatic carbocycles. The summed E-state index contributed by atoms with van der Waals surface area (Å²) in [6.07, 6.45) is 2.69. The van der Waals surface area contributed by atoms with Crippen LogP contribution in [-0.4, -0.2) is 35.0 Å². The molecule has 0 fully saturated rings. The summed E-state index contributed by atoms with van der Waals surface area (Å²) in [5.74, 6) is -2.29. The molecule has 0 bridgehead atoms. The van der Waals surface area contributed by atoms with E-state index in [1.54, 1.807) is 11.4 Å². The lowest BCUT2D eigenvalue weighted by molar-refractivity contribution is 0.0971. The van der Waals surface area contributed by atoms with Crippen molar-refractivity contribution in [1.82, 2.24) is 14.3 Å². The van der Waals surface area contributed by atoms with Crippen LogP contribution in [0.3, 0.4) is 0 Å². The number of nitrogens with two attached hydrogens (primary N) is 1. The number of hydrogen-bond acceptors (Lipinski definition) is 7. The second-order valence-corrected chi connectivity index (χ2v) is 12.0. The molecular formula is C25H21FN4O6S2. The highest BCUT2D eigenvalue weighted by Crippen LogP contribution is 2.40. The Morgan fingerprint density at radius 3 is 2.68 bits per heavy atom. The van der Waals surface area contributed by atoms with Gasteiger partial charge in [-0.25, -0.2) is 17.5 Å². The molecule has 5 aromatic rings. The minimum atomic E-state index is -4.08. The summed E-state index contributed by atoms with van der Waals surface area (Å²) in [5.41, 5.74) is 5.58. The van der Waals surface area contributed by atoms with Gasteiger partial charge < -0.3 is 19.7 Å². The molecular weight excluding hydrogens is 535 g/mol. The molecule has 0 aliphatic heterocycles. The number of thiophene rings is 1. The van der Waals surface area contributed by atoms with Crippen LogP contribution in [0.25, 0.3) is 33.0 Å². The van der Waals surface area contributed by atoms with E-state index in [9.17, 15) is 22.8 Å². The fraction of sp³-hybridized carbons (Fsp3) is 0.160. The molecule has 0 unspecified atom stereocenters. The number of benzene rings is 1. The predicted molar refractivity (Wildman–Crippen MR) is 141 cm³/mol. The maximum Gasteiger partial charge on any atom is 0.282 e. The molecule has 13 heteroatoms. The summed E-state index contributed by atoms with van der Waals surface area (Å²) in [6, 6.07) is 7.17. The number of fused-ring (bicyclic) bond motifs is 3. The van der Waals surface area contributed by atoms with E-state index in [1.807, 2.05) is 0 Å². The lowest BCUT2D eigenvalue weighted by atomic mass is 10.0. The first-order valence-corrected chi connectivity index (χ1v) is 13.7. The number of halogens is 1. The molecule has 10 nitrogen and oxygen atoms in total. The molecule has 0 aliphatic rings. The zero-order chi connectivity index (χ0) is 27.4. The van der Waals surface area contributed by atoms with Gasteiger partial charge in [-0.15, -0.1) is 11.3 Å². The molecule has 0 aliphatic carbocycles. The fourth-order valence-corrected chi connectivity index (χ4v) is 5.60. The molecule has 4 N–H and O–H groups in total. The standard InChI is InChI=1S/C25H21FN4O6S2/c1-12(2)38(34,35)29-25(33)21-19(15-4-3-6-28-24(15)32)20-17(9-16(26)14-5-7-36-22(14)20)30(21)10-13-8-18(23(27)31)37-11-13/h3-9,11-12H,10H2,1-2H3,(H2,27,31)(H,28,32)(H,29,33). The summed E-state index contributed by atoms with van der Waals surface area (Å²) in [6.45, 7) is 2.75. The molecule has 0 spiro atoms. The van der Waals surface area contributed by atoms with Crippen LogP contribution in [0, 0.1) is 5.82 Å². The molecule has 0 radical (unpaired) electrons. The van der Waals surface area contributed by atoms with E-state index in [1.165, 1.54) is 55.1 Å². The number of nitrogens with zero attached hydrogens (tertiary/aromatic N) is 1. The normalized spacial score (nSPS) is 12.0. The van der Waals surface area contributed by atoms with E-state index in [0.29, 0.717) is 5.56 Å². The third kappa shape index (κ3) is 4.19. The highest BCUT2D eigenvalue weighted by molar-refractivity contribution is 7.90. The molecule has 0 saturated carbocycles. The summed E-state index contributed by atoms with van der Waals surface area (Å²) in [5, 5.41) is 1.09. The Hall–Kier alpha value is -4.23. The highest BCUT2D eigenvalue weighted by Gasteiger charge is 2.31. The Morgan fingerprint density at radius 2 is 2.03 bits per heavy atom. The van der Waals surface area contributed by atoms with Crippen LogP contribution in [-0.2, 0) is 16.6 Å². The quantitative estimate of drug-likeness (QED) is 0.278. The van der Waals surface area contributed by atoms with Crippen LogP contribution in [0.15, 0.2) is 57.4 Å². The first-order valence-electron chi connectivity index (χ1n) is 11.3. The second-order valence-electron chi connectivity index (χ2n) is 8.85. The number of amides is 2. The van der Waals surface area contributed by atoms with Crippen molar-refractivity contribution in [1.29, 1.82) is 0 Å². The largest absolute Gasteiger partial charge is 0.463 e. The van der Waals surface area contributed by atoms with Crippen molar-refractivity contribution in [2.45, 2.75) is 25.6 Å². The minimum absolute atomic E-state index is 0.0517. The number of aromatic nitrogens is 2. The average Bonchev–Trinajstić information content (AvgIpc) is 3.58. The van der Waals surface area contributed by atoms with Crippen LogP contribution < -0.4 is 16.0 Å². The lowest BCUT2D eigenvalue weighted by Crippen LogP contribution is -2.37. The number of hydrogen-bond donors (Lipinski definition) is 3. The van der Waals surface area contributed by atoms with E-state index >= 15 is 4.39 Å². The summed E-state index contributed by atoms with van der Waals surface area (Å²) in [4.78, 5) is 41.1. The van der Waals surface area contributed by atoms with Crippen molar-refractivity contribution in [2.75, 3.05) is 0 Å². The molecule has 4 heterocycles. The van der Waals surface area contributed by atoms with Gasteiger partial charge >= 0.3 is 0 Å². The van der Waals surface area contributed by atoms with Crippen molar-refractivity contribution in [2.24, 2.45) is 5.73 Å². The number of nitrogens with one attached hydrogen (secondary N) is 2. The second kappa shape index (κ2) is 9.26. The Kier molecular flexibility index (Phi) is 6.19. The molecule has 196 valence electrons. The molecule has 2 amide bonds. The molecule has 38 heavy (non-hydrogen) atoms. The van der Waals surface area contributed by atoms with Gasteiger partial charge in [-0.3, -0.25) is 14.4 Å². The zero-order valence-corrected chi connectivity index (χ0v) is 21.7. The van der Waals surface area contributed by atoms with Crippen molar-refractivity contribution in [3.05, 3.63) is 80.5 Å². The van der Waals surface area contributed by atoms with Crippen molar-refractivity contribution in [3.63, 3.8) is 0 Å². The van der Waals surface area contributed by atoms with Gasteiger partial charge in [-0.2, -0.15) is 0 Å². The number of carbonyl (C=O) groups excluding carboxylic acids is 2. The number of primary amides is 1. The van der Waals surface area contributed by atoms with Gasteiger partial charge in [0.2, 0.25) is 10.0 Å². The monoisotopic (exact) mass is 556 g/mol. The lowest BCUT2D eigenvalue weighted by Gasteiger charge is -2.14. The van der Waals surface area contributed by atoms with E-state index in [4.69, 9.17) is 10.2 Å². The Balaban J connectivity index is 1.90. The summed E-state index contributed by atoms with van der Waals surface area (Å²) in [7, 11) is -4.08. The number of rotatable bonds is 7. The maximum absolute atomic E-state index is 15.2. The van der Waals surface area contributed by atoms with Gasteiger partial charge in [0, 0.05) is 18.3 Å². The van der Waals surface area contributed by atoms with Crippen LogP contribution in [0.5, 0.6) is 0 Å². The fourth-order valence-electron chi connectivity index (χ4n) is 4.25. The number of aromatic amines is 1. The SMILES string of the molecule is CC(C)S(=O)(=O)NC(=O)c1c(-c2ccc[nH]c2=O)c2c3occc3c(F)cc2n1Cc1csc(C(N)=O)c1. The number of pyridine rings is 1. The van der Waals surface area contributed by atoms with E-state index in [0.717, 1.165) is 11.3 Å². The van der Waals surface area contributed by atoms with Gasteiger partial charge in [0.15, 0.2) is 0 Å². The number of furan rings is 1. The number of H-pyrrole nitrogens is 1. The van der Waals surface area contributed by atoms with Crippen LogP contribution in [0.2, 0.25) is 0 Å².